The van der Waals surface area contributed by atoms with Crippen LogP contribution in [0.3, 0.4) is 0 Å². The number of ether oxygens (including phenoxy) is 1. The normalized spacial score (nSPS) is 16.0. The lowest BCUT2D eigenvalue weighted by atomic mass is 10.0. The molecular weight excluding hydrogens is 460 g/mol. The van der Waals surface area contributed by atoms with Gasteiger partial charge in [-0.05, 0) is 23.6 Å². The molecule has 0 aromatic heterocycles. The molecule has 2 aromatic rings. The van der Waals surface area contributed by atoms with Gasteiger partial charge in [0.25, 0.3) is 11.6 Å². The van der Waals surface area contributed by atoms with Crippen LogP contribution in [0.2, 0.25) is 5.02 Å². The van der Waals surface area contributed by atoms with Gasteiger partial charge in [-0.2, -0.15) is 0 Å². The van der Waals surface area contributed by atoms with Crippen LogP contribution in [0.25, 0.3) is 0 Å². The molecular formula is C24H29ClN4O5. The van der Waals surface area contributed by atoms with Crippen molar-refractivity contribution in [3.05, 3.63) is 74.8 Å². The standard InChI is InChI=1S/C24H29ClN4O5/c1-16(2)22(27-23(30)18-8-9-19(25)20(14-18)29(32)33)24(31)26-15-21(17-6-4-3-5-7-17)28-10-12-34-13-11-28/h3-9,14,16,21-22H,10-13,15H2,1-2H3,(H,26,31)(H,27,30). The number of nitro benzene ring substituents is 1. The van der Waals surface area contributed by atoms with E-state index >= 15 is 0 Å². The Balaban J connectivity index is 1.70. The van der Waals surface area contributed by atoms with E-state index in [1.807, 2.05) is 44.2 Å². The molecule has 1 aliphatic heterocycles. The zero-order valence-corrected chi connectivity index (χ0v) is 20.0. The molecule has 0 bridgehead atoms. The van der Waals surface area contributed by atoms with Crippen LogP contribution in [0.4, 0.5) is 5.69 Å². The molecule has 0 saturated carbocycles. The van der Waals surface area contributed by atoms with Crippen LogP contribution in [0.15, 0.2) is 48.5 Å². The molecule has 2 aromatic carbocycles. The highest BCUT2D eigenvalue weighted by Crippen LogP contribution is 2.25. The lowest BCUT2D eigenvalue weighted by molar-refractivity contribution is -0.384. The quantitative estimate of drug-likeness (QED) is 0.414. The Morgan fingerprint density at radius 2 is 1.82 bits per heavy atom. The molecule has 182 valence electrons. The Hall–Kier alpha value is -3.01. The monoisotopic (exact) mass is 488 g/mol. The van der Waals surface area contributed by atoms with Gasteiger partial charge in [-0.3, -0.25) is 24.6 Å². The van der Waals surface area contributed by atoms with Crippen LogP contribution in [0.5, 0.6) is 0 Å². The summed E-state index contributed by atoms with van der Waals surface area (Å²) in [7, 11) is 0. The minimum Gasteiger partial charge on any atom is -0.379 e. The highest BCUT2D eigenvalue weighted by Gasteiger charge is 2.28. The van der Waals surface area contributed by atoms with Crippen LogP contribution in [0, 0.1) is 16.0 Å². The first-order chi connectivity index (χ1) is 16.3. The van der Waals surface area contributed by atoms with E-state index < -0.39 is 16.9 Å². The van der Waals surface area contributed by atoms with Crippen molar-refractivity contribution in [1.29, 1.82) is 0 Å². The number of carbonyl (C=O) groups excluding carboxylic acids is 2. The number of nitro groups is 1. The maximum Gasteiger partial charge on any atom is 0.288 e. The summed E-state index contributed by atoms with van der Waals surface area (Å²) in [5, 5.41) is 16.8. The smallest absolute Gasteiger partial charge is 0.288 e. The van der Waals surface area contributed by atoms with Crippen molar-refractivity contribution in [2.75, 3.05) is 32.8 Å². The van der Waals surface area contributed by atoms with Gasteiger partial charge >= 0.3 is 0 Å². The average Bonchev–Trinajstić information content (AvgIpc) is 2.83. The molecule has 1 heterocycles. The minimum atomic E-state index is -0.816. The van der Waals surface area contributed by atoms with Crippen LogP contribution < -0.4 is 10.6 Å². The molecule has 1 saturated heterocycles. The summed E-state index contributed by atoms with van der Waals surface area (Å²) < 4.78 is 5.47. The number of rotatable bonds is 9. The van der Waals surface area contributed by atoms with Gasteiger partial charge in [-0.15, -0.1) is 0 Å². The van der Waals surface area contributed by atoms with Crippen molar-refractivity contribution in [3.63, 3.8) is 0 Å². The molecule has 0 spiro atoms. The number of hydrogen-bond donors (Lipinski definition) is 2. The molecule has 2 atom stereocenters. The molecule has 10 heteroatoms. The maximum atomic E-state index is 13.1. The van der Waals surface area contributed by atoms with Crippen molar-refractivity contribution in [2.24, 2.45) is 5.92 Å². The summed E-state index contributed by atoms with van der Waals surface area (Å²) in [4.78, 5) is 38.6. The molecule has 0 aliphatic carbocycles. The predicted octanol–water partition coefficient (Wildman–Crippen LogP) is 3.19. The summed E-state index contributed by atoms with van der Waals surface area (Å²) in [6, 6.07) is 12.9. The number of nitrogens with zero attached hydrogens (tertiary/aromatic N) is 2. The summed E-state index contributed by atoms with van der Waals surface area (Å²) in [6.45, 7) is 6.81. The lowest BCUT2D eigenvalue weighted by Gasteiger charge is -2.35. The van der Waals surface area contributed by atoms with Gasteiger partial charge in [0.2, 0.25) is 5.91 Å². The van der Waals surface area contributed by atoms with E-state index in [0.29, 0.717) is 19.8 Å². The largest absolute Gasteiger partial charge is 0.379 e. The number of halogens is 1. The van der Waals surface area contributed by atoms with Gasteiger partial charge in [0.15, 0.2) is 0 Å². The van der Waals surface area contributed by atoms with Gasteiger partial charge in [-0.1, -0.05) is 55.8 Å². The average molecular weight is 489 g/mol. The molecule has 34 heavy (non-hydrogen) atoms. The van der Waals surface area contributed by atoms with Gasteiger partial charge in [0, 0.05) is 31.3 Å². The van der Waals surface area contributed by atoms with Crippen LogP contribution in [0.1, 0.15) is 35.8 Å². The number of nitrogens with one attached hydrogen (secondary N) is 2. The van der Waals surface area contributed by atoms with Gasteiger partial charge in [-0.25, -0.2) is 0 Å². The first kappa shape index (κ1) is 25.6. The molecule has 1 aliphatic rings. The fourth-order valence-corrected chi connectivity index (χ4v) is 4.07. The van der Waals surface area contributed by atoms with Crippen molar-refractivity contribution in [3.8, 4) is 0 Å². The maximum absolute atomic E-state index is 13.1. The van der Waals surface area contributed by atoms with E-state index in [2.05, 4.69) is 15.5 Å². The molecule has 2 unspecified atom stereocenters. The highest BCUT2D eigenvalue weighted by atomic mass is 35.5. The van der Waals surface area contributed by atoms with Crippen molar-refractivity contribution in [2.45, 2.75) is 25.9 Å². The van der Waals surface area contributed by atoms with Gasteiger partial charge < -0.3 is 15.4 Å². The van der Waals surface area contributed by atoms with Crippen LogP contribution in [-0.4, -0.2) is 60.5 Å². The summed E-state index contributed by atoms with van der Waals surface area (Å²) in [5.74, 6) is -1.10. The Labute approximate surface area is 203 Å². The third-order valence-electron chi connectivity index (χ3n) is 5.78. The van der Waals surface area contributed by atoms with E-state index in [9.17, 15) is 19.7 Å². The summed E-state index contributed by atoms with van der Waals surface area (Å²) in [6.07, 6.45) is 0. The van der Waals surface area contributed by atoms with Crippen molar-refractivity contribution < 1.29 is 19.2 Å². The molecule has 9 nitrogen and oxygen atoms in total. The second kappa shape index (κ2) is 11.9. The SMILES string of the molecule is CC(C)C(NC(=O)c1ccc(Cl)c([N+](=O)[O-])c1)C(=O)NCC(c1ccccc1)N1CCOCC1. The van der Waals surface area contributed by atoms with Crippen LogP contribution >= 0.6 is 11.6 Å². The minimum absolute atomic E-state index is 0.0310. The Morgan fingerprint density at radius 3 is 2.44 bits per heavy atom. The molecule has 3 rings (SSSR count). The highest BCUT2D eigenvalue weighted by molar-refractivity contribution is 6.32. The van der Waals surface area contributed by atoms with Crippen molar-refractivity contribution in [1.82, 2.24) is 15.5 Å². The topological polar surface area (TPSA) is 114 Å². The van der Waals surface area contributed by atoms with E-state index in [1.165, 1.54) is 12.1 Å². The third-order valence-corrected chi connectivity index (χ3v) is 6.10. The molecule has 1 fully saturated rings. The van der Waals surface area contributed by atoms with E-state index in [0.717, 1.165) is 24.7 Å². The lowest BCUT2D eigenvalue weighted by Crippen LogP contribution is -2.52. The van der Waals surface area contributed by atoms with E-state index in [1.54, 1.807) is 0 Å². The molecule has 0 radical (unpaired) electrons. The first-order valence-electron chi connectivity index (χ1n) is 11.2. The van der Waals surface area contributed by atoms with Gasteiger partial charge in [0.05, 0.1) is 24.2 Å². The van der Waals surface area contributed by atoms with E-state index in [4.69, 9.17) is 16.3 Å². The first-order valence-corrected chi connectivity index (χ1v) is 11.5. The number of morpholine rings is 1. The number of benzene rings is 2. The predicted molar refractivity (Wildman–Crippen MR) is 129 cm³/mol. The second-order valence-corrected chi connectivity index (χ2v) is 8.85. The number of amides is 2. The van der Waals surface area contributed by atoms with E-state index in [-0.39, 0.29) is 34.1 Å². The van der Waals surface area contributed by atoms with Crippen molar-refractivity contribution >= 4 is 29.1 Å². The summed E-state index contributed by atoms with van der Waals surface area (Å²) in [5.41, 5.74) is 0.782. The Bertz CT molecular complexity index is 1010. The number of carbonyl (C=O) groups is 2. The fourth-order valence-electron chi connectivity index (χ4n) is 3.88. The Morgan fingerprint density at radius 1 is 1.15 bits per heavy atom. The van der Waals surface area contributed by atoms with Crippen LogP contribution in [-0.2, 0) is 9.53 Å². The molecule has 2 amide bonds. The third kappa shape index (κ3) is 6.53. The summed E-state index contributed by atoms with van der Waals surface area (Å²) >= 11 is 5.84. The molecule has 2 N–H and O–H groups in total. The zero-order valence-electron chi connectivity index (χ0n) is 19.2. The fraction of sp³-hybridized carbons (Fsp3) is 0.417. The number of hydrogen-bond acceptors (Lipinski definition) is 6. The zero-order chi connectivity index (χ0) is 24.7. The second-order valence-electron chi connectivity index (χ2n) is 8.44. The Kier molecular flexibility index (Phi) is 8.98. The van der Waals surface area contributed by atoms with Gasteiger partial charge in [0.1, 0.15) is 11.1 Å².